The van der Waals surface area contributed by atoms with Crippen molar-refractivity contribution in [3.63, 3.8) is 0 Å². The molecule has 3 aromatic rings. The number of piperazine rings is 1. The monoisotopic (exact) mass is 465 g/mol. The SMILES string of the molecule is CN1CCN(c2ccc(-c3ccc(NC(=O)Cc4ccc(Br)cc4)cc3)nn2)CC1. The zero-order valence-electron chi connectivity index (χ0n) is 16.9. The molecule has 0 unspecified atom stereocenters. The van der Waals surface area contributed by atoms with Gasteiger partial charge in [0, 0.05) is 41.9 Å². The summed E-state index contributed by atoms with van der Waals surface area (Å²) >= 11 is 3.40. The molecule has 2 heterocycles. The van der Waals surface area contributed by atoms with Gasteiger partial charge in [-0.3, -0.25) is 4.79 Å². The first-order valence-corrected chi connectivity index (χ1v) is 10.8. The second-order valence-electron chi connectivity index (χ2n) is 7.50. The third-order valence-electron chi connectivity index (χ3n) is 5.22. The Kier molecular flexibility index (Phi) is 6.40. The summed E-state index contributed by atoms with van der Waals surface area (Å²) in [5.74, 6) is 0.880. The predicted molar refractivity (Wildman–Crippen MR) is 124 cm³/mol. The molecule has 7 heteroatoms. The van der Waals surface area contributed by atoms with E-state index in [0.29, 0.717) is 6.42 Å². The van der Waals surface area contributed by atoms with Gasteiger partial charge >= 0.3 is 0 Å². The standard InChI is InChI=1S/C23H24BrN5O/c1-28-12-14-29(15-13-28)22-11-10-21(26-27-22)18-4-8-20(9-5-18)25-23(30)16-17-2-6-19(24)7-3-17/h2-11H,12-16H2,1H3,(H,25,30). The molecular weight excluding hydrogens is 442 g/mol. The van der Waals surface area contributed by atoms with Crippen LogP contribution in [0.5, 0.6) is 0 Å². The minimum atomic E-state index is -0.0404. The van der Waals surface area contributed by atoms with Gasteiger partial charge in [0.05, 0.1) is 12.1 Å². The van der Waals surface area contributed by atoms with Crippen LogP contribution in [0.4, 0.5) is 11.5 Å². The van der Waals surface area contributed by atoms with Gasteiger partial charge in [-0.05, 0) is 49.0 Å². The van der Waals surface area contributed by atoms with E-state index in [1.54, 1.807) is 0 Å². The lowest BCUT2D eigenvalue weighted by Gasteiger charge is -2.32. The lowest BCUT2D eigenvalue weighted by Crippen LogP contribution is -2.44. The number of nitrogens with zero attached hydrogens (tertiary/aromatic N) is 4. The number of halogens is 1. The summed E-state index contributed by atoms with van der Waals surface area (Å²) in [6.07, 6.45) is 0.342. The predicted octanol–water partition coefficient (Wildman–Crippen LogP) is 3.84. The number of amides is 1. The fraction of sp³-hybridized carbons (Fsp3) is 0.261. The molecule has 0 aliphatic carbocycles. The molecule has 1 aliphatic heterocycles. The van der Waals surface area contributed by atoms with Crippen LogP contribution in [0.15, 0.2) is 65.1 Å². The van der Waals surface area contributed by atoms with Crippen molar-refractivity contribution in [2.75, 3.05) is 43.4 Å². The molecule has 6 nitrogen and oxygen atoms in total. The number of hydrogen-bond donors (Lipinski definition) is 1. The van der Waals surface area contributed by atoms with E-state index in [1.165, 1.54) is 0 Å². The van der Waals surface area contributed by atoms with Gasteiger partial charge in [0.15, 0.2) is 5.82 Å². The van der Waals surface area contributed by atoms with Gasteiger partial charge in [0.25, 0.3) is 0 Å². The van der Waals surface area contributed by atoms with Crippen molar-refractivity contribution in [2.45, 2.75) is 6.42 Å². The van der Waals surface area contributed by atoms with Gasteiger partial charge < -0.3 is 15.1 Å². The zero-order chi connectivity index (χ0) is 20.9. The molecule has 1 aliphatic rings. The van der Waals surface area contributed by atoms with Crippen molar-refractivity contribution in [3.05, 3.63) is 70.7 Å². The number of hydrogen-bond acceptors (Lipinski definition) is 5. The van der Waals surface area contributed by atoms with E-state index in [2.05, 4.69) is 48.3 Å². The number of nitrogens with one attached hydrogen (secondary N) is 1. The van der Waals surface area contributed by atoms with Crippen molar-refractivity contribution >= 4 is 33.3 Å². The lowest BCUT2D eigenvalue weighted by molar-refractivity contribution is -0.115. The maximum absolute atomic E-state index is 12.3. The molecule has 0 radical (unpaired) electrons. The number of rotatable bonds is 5. The van der Waals surface area contributed by atoms with Crippen LogP contribution in [0.2, 0.25) is 0 Å². The summed E-state index contributed by atoms with van der Waals surface area (Å²) in [7, 11) is 2.14. The summed E-state index contributed by atoms with van der Waals surface area (Å²) in [5, 5.41) is 11.8. The summed E-state index contributed by atoms with van der Waals surface area (Å²) in [4.78, 5) is 16.9. The molecule has 30 heavy (non-hydrogen) atoms. The highest BCUT2D eigenvalue weighted by molar-refractivity contribution is 9.10. The number of anilines is 2. The van der Waals surface area contributed by atoms with E-state index in [0.717, 1.165) is 59.0 Å². The molecule has 1 fully saturated rings. The van der Waals surface area contributed by atoms with Crippen LogP contribution in [0.3, 0.4) is 0 Å². The highest BCUT2D eigenvalue weighted by atomic mass is 79.9. The minimum Gasteiger partial charge on any atom is -0.353 e. The van der Waals surface area contributed by atoms with Gasteiger partial charge in [-0.15, -0.1) is 10.2 Å². The number of benzene rings is 2. The van der Waals surface area contributed by atoms with Crippen molar-refractivity contribution in [3.8, 4) is 11.3 Å². The van der Waals surface area contributed by atoms with Crippen LogP contribution in [-0.4, -0.2) is 54.2 Å². The third kappa shape index (κ3) is 5.23. The van der Waals surface area contributed by atoms with Crippen LogP contribution in [0.1, 0.15) is 5.56 Å². The Bertz CT molecular complexity index is 982. The lowest BCUT2D eigenvalue weighted by atomic mass is 10.1. The van der Waals surface area contributed by atoms with Crippen LogP contribution < -0.4 is 10.2 Å². The van der Waals surface area contributed by atoms with Gasteiger partial charge in [0.2, 0.25) is 5.91 Å². The quantitative estimate of drug-likeness (QED) is 0.619. The Morgan fingerprint density at radius 2 is 1.63 bits per heavy atom. The van der Waals surface area contributed by atoms with Crippen LogP contribution in [0, 0.1) is 0 Å². The van der Waals surface area contributed by atoms with Crippen molar-refractivity contribution in [2.24, 2.45) is 0 Å². The molecule has 0 atom stereocenters. The van der Waals surface area contributed by atoms with Crippen molar-refractivity contribution < 1.29 is 4.79 Å². The number of likely N-dealkylation sites (N-methyl/N-ethyl adjacent to an activating group) is 1. The topological polar surface area (TPSA) is 61.4 Å². The van der Waals surface area contributed by atoms with E-state index < -0.39 is 0 Å². The normalized spacial score (nSPS) is 14.5. The Hall–Kier alpha value is -2.77. The number of carbonyl (C=O) groups excluding carboxylic acids is 1. The van der Waals surface area contributed by atoms with Crippen molar-refractivity contribution in [1.82, 2.24) is 15.1 Å². The van der Waals surface area contributed by atoms with Gasteiger partial charge in [-0.1, -0.05) is 40.2 Å². The smallest absolute Gasteiger partial charge is 0.228 e. The fourth-order valence-electron chi connectivity index (χ4n) is 3.40. The molecule has 154 valence electrons. The third-order valence-corrected chi connectivity index (χ3v) is 5.75. The van der Waals surface area contributed by atoms with E-state index in [1.807, 2.05) is 60.7 Å². The second kappa shape index (κ2) is 9.36. The van der Waals surface area contributed by atoms with Crippen molar-refractivity contribution in [1.29, 1.82) is 0 Å². The maximum atomic E-state index is 12.3. The molecule has 0 bridgehead atoms. The molecule has 2 aromatic carbocycles. The number of carbonyl (C=O) groups is 1. The first-order valence-electron chi connectivity index (χ1n) is 9.99. The average molecular weight is 466 g/mol. The molecule has 0 spiro atoms. The van der Waals surface area contributed by atoms with E-state index in [9.17, 15) is 4.79 Å². The average Bonchev–Trinajstić information content (AvgIpc) is 2.77. The molecular formula is C23H24BrN5O. The van der Waals surface area contributed by atoms with E-state index in [4.69, 9.17) is 0 Å². The maximum Gasteiger partial charge on any atom is 0.228 e. The molecule has 4 rings (SSSR count). The minimum absolute atomic E-state index is 0.0404. The fourth-order valence-corrected chi connectivity index (χ4v) is 3.66. The summed E-state index contributed by atoms with van der Waals surface area (Å²) in [6.45, 7) is 4.02. The van der Waals surface area contributed by atoms with E-state index >= 15 is 0 Å². The molecule has 1 aromatic heterocycles. The summed E-state index contributed by atoms with van der Waals surface area (Å²) < 4.78 is 1.00. The molecule has 1 N–H and O–H groups in total. The Balaban J connectivity index is 1.36. The Labute approximate surface area is 185 Å². The molecule has 0 saturated carbocycles. The first-order chi connectivity index (χ1) is 14.6. The molecule has 1 amide bonds. The van der Waals surface area contributed by atoms with Crippen LogP contribution in [0.25, 0.3) is 11.3 Å². The zero-order valence-corrected chi connectivity index (χ0v) is 18.5. The first kappa shape index (κ1) is 20.5. The highest BCUT2D eigenvalue weighted by Crippen LogP contribution is 2.21. The molecule has 1 saturated heterocycles. The van der Waals surface area contributed by atoms with Gasteiger partial charge in [-0.25, -0.2) is 0 Å². The van der Waals surface area contributed by atoms with E-state index in [-0.39, 0.29) is 5.91 Å². The summed E-state index contributed by atoms with van der Waals surface area (Å²) in [6, 6.07) is 19.5. The second-order valence-corrected chi connectivity index (χ2v) is 8.41. The number of aromatic nitrogens is 2. The van der Waals surface area contributed by atoms with Gasteiger partial charge in [-0.2, -0.15) is 0 Å². The van der Waals surface area contributed by atoms with Crippen LogP contribution >= 0.6 is 15.9 Å². The summed E-state index contributed by atoms with van der Waals surface area (Å²) in [5.41, 5.74) is 3.53. The Morgan fingerprint density at radius 1 is 0.933 bits per heavy atom. The van der Waals surface area contributed by atoms with Gasteiger partial charge in [0.1, 0.15) is 0 Å². The van der Waals surface area contributed by atoms with Crippen LogP contribution in [-0.2, 0) is 11.2 Å². The Morgan fingerprint density at radius 3 is 2.27 bits per heavy atom. The largest absolute Gasteiger partial charge is 0.353 e. The highest BCUT2D eigenvalue weighted by Gasteiger charge is 2.15.